The van der Waals surface area contributed by atoms with Gasteiger partial charge < -0.3 is 5.32 Å². The Morgan fingerprint density at radius 2 is 1.39 bits per heavy atom. The minimum atomic E-state index is -6.13. The van der Waals surface area contributed by atoms with Crippen LogP contribution in [-0.4, -0.2) is 17.9 Å². The lowest BCUT2D eigenvalue weighted by Gasteiger charge is -2.23. The molecule has 0 saturated heterocycles. The summed E-state index contributed by atoms with van der Waals surface area (Å²) in [6, 6.07) is 13.2. The maximum atomic E-state index is 13.7. The van der Waals surface area contributed by atoms with Gasteiger partial charge in [0, 0.05) is 33.3 Å². The quantitative estimate of drug-likeness (QED) is 0.239. The molecule has 1 N–H and O–H groups in total. The third-order valence-corrected chi connectivity index (χ3v) is 5.74. The van der Waals surface area contributed by atoms with E-state index < -0.39 is 57.5 Å². The van der Waals surface area contributed by atoms with Crippen molar-refractivity contribution in [1.29, 1.82) is 0 Å². The lowest BCUT2D eigenvalue weighted by Crippen LogP contribution is -2.34. The summed E-state index contributed by atoms with van der Waals surface area (Å²) in [5, 5.41) is 2.53. The number of rotatable bonds is 6. The van der Waals surface area contributed by atoms with Gasteiger partial charge in [-0.15, -0.1) is 0 Å². The van der Waals surface area contributed by atoms with Crippen LogP contribution < -0.4 is 5.32 Å². The van der Waals surface area contributed by atoms with Crippen molar-refractivity contribution in [2.24, 2.45) is 0 Å². The predicted octanol–water partition coefficient (Wildman–Crippen LogP) is 7.80. The van der Waals surface area contributed by atoms with Crippen LogP contribution in [0.5, 0.6) is 0 Å². The van der Waals surface area contributed by atoms with Gasteiger partial charge in [0.15, 0.2) is 5.78 Å². The van der Waals surface area contributed by atoms with Crippen LogP contribution in [0.3, 0.4) is 0 Å². The topological polar surface area (TPSA) is 46.2 Å². The van der Waals surface area contributed by atoms with Gasteiger partial charge in [-0.2, -0.15) is 35.1 Å². The van der Waals surface area contributed by atoms with Gasteiger partial charge in [0.1, 0.15) is 0 Å². The summed E-state index contributed by atoms with van der Waals surface area (Å²) in [7, 11) is 0. The number of carbonyl (C=O) groups excluding carboxylic acids is 2. The number of halogens is 9. The average Bonchev–Trinajstić information content (AvgIpc) is 2.79. The molecule has 0 bridgehead atoms. The van der Waals surface area contributed by atoms with Crippen molar-refractivity contribution in [2.45, 2.75) is 24.7 Å². The Hall–Kier alpha value is -3.28. The molecule has 12 heteroatoms. The van der Waals surface area contributed by atoms with E-state index in [2.05, 4.69) is 21.2 Å². The van der Waals surface area contributed by atoms with E-state index in [1.54, 1.807) is 18.2 Å². The molecular formula is C24H14BrF8NO2. The largest absolute Gasteiger partial charge is 0.458 e. The van der Waals surface area contributed by atoms with E-state index >= 15 is 0 Å². The highest BCUT2D eigenvalue weighted by atomic mass is 79.9. The first-order valence-corrected chi connectivity index (χ1v) is 10.7. The van der Waals surface area contributed by atoms with Crippen LogP contribution in [0.15, 0.2) is 71.2 Å². The minimum Gasteiger partial charge on any atom is -0.322 e. The summed E-state index contributed by atoms with van der Waals surface area (Å²) in [5.74, 6) is -6.96. The van der Waals surface area contributed by atoms with Gasteiger partial charge in [-0.1, -0.05) is 46.3 Å². The van der Waals surface area contributed by atoms with Crippen LogP contribution in [0, 0.1) is 0 Å². The number of hydrogen-bond donors (Lipinski definition) is 1. The molecule has 0 aromatic heterocycles. The molecule has 1 amide bonds. The zero-order chi connectivity index (χ0) is 26.9. The Kier molecular flexibility index (Phi) is 7.58. The monoisotopic (exact) mass is 579 g/mol. The number of anilines is 1. The van der Waals surface area contributed by atoms with E-state index in [0.717, 1.165) is 0 Å². The van der Waals surface area contributed by atoms with E-state index in [-0.39, 0.29) is 23.4 Å². The Balaban J connectivity index is 1.93. The Bertz CT molecular complexity index is 1290. The standard InChI is InChI=1S/C24H14BrF8NO2/c25-19-11-15(22(26,27)24(31,32)33)10-18(23(28,29)30)17(19)12-20(35)14-7-4-8-16(9-14)34-21(36)13-5-2-1-3-6-13/h1-11H,12H2,(H,34,36). The summed E-state index contributed by atoms with van der Waals surface area (Å²) in [6.45, 7) is 0. The maximum Gasteiger partial charge on any atom is 0.458 e. The minimum absolute atomic E-state index is 0.120. The molecule has 0 radical (unpaired) electrons. The molecule has 3 aromatic rings. The summed E-state index contributed by atoms with van der Waals surface area (Å²) >= 11 is 2.61. The second-order valence-electron chi connectivity index (χ2n) is 7.56. The van der Waals surface area contributed by atoms with Crippen LogP contribution in [0.25, 0.3) is 0 Å². The molecule has 0 unspecified atom stereocenters. The number of hydrogen-bond acceptors (Lipinski definition) is 2. The molecule has 0 fully saturated rings. The number of alkyl halides is 8. The van der Waals surface area contributed by atoms with E-state index in [0.29, 0.717) is 5.56 Å². The van der Waals surface area contributed by atoms with Gasteiger partial charge in [-0.25, -0.2) is 0 Å². The van der Waals surface area contributed by atoms with Crippen LogP contribution in [-0.2, 0) is 18.5 Å². The van der Waals surface area contributed by atoms with Crippen molar-refractivity contribution >= 4 is 33.3 Å². The Labute approximate surface area is 207 Å². The molecule has 0 atom stereocenters. The third kappa shape index (κ3) is 5.92. The Morgan fingerprint density at radius 3 is 1.97 bits per heavy atom. The van der Waals surface area contributed by atoms with Crippen molar-refractivity contribution in [2.75, 3.05) is 5.32 Å². The predicted molar refractivity (Wildman–Crippen MR) is 118 cm³/mol. The normalized spacial score (nSPS) is 12.4. The van der Waals surface area contributed by atoms with Crippen molar-refractivity contribution in [3.8, 4) is 0 Å². The highest BCUT2D eigenvalue weighted by Crippen LogP contribution is 2.47. The van der Waals surface area contributed by atoms with Crippen LogP contribution in [0.2, 0.25) is 0 Å². The van der Waals surface area contributed by atoms with Gasteiger partial charge in [0.05, 0.1) is 5.56 Å². The molecule has 0 aliphatic heterocycles. The smallest absolute Gasteiger partial charge is 0.322 e. The second kappa shape index (κ2) is 10.00. The molecule has 36 heavy (non-hydrogen) atoms. The number of nitrogens with one attached hydrogen (secondary N) is 1. The number of Topliss-reactive ketones (excluding diaryl/α,β-unsaturated/α-hetero) is 1. The van der Waals surface area contributed by atoms with Crippen molar-refractivity contribution in [1.82, 2.24) is 0 Å². The molecule has 0 heterocycles. The highest BCUT2D eigenvalue weighted by molar-refractivity contribution is 9.10. The molecule has 190 valence electrons. The fourth-order valence-electron chi connectivity index (χ4n) is 3.24. The van der Waals surface area contributed by atoms with E-state index in [1.165, 1.54) is 36.4 Å². The molecule has 3 rings (SSSR count). The average molecular weight is 580 g/mol. The van der Waals surface area contributed by atoms with Crippen LogP contribution in [0.1, 0.15) is 37.4 Å². The maximum absolute atomic E-state index is 13.7. The highest BCUT2D eigenvalue weighted by Gasteiger charge is 2.59. The van der Waals surface area contributed by atoms with Crippen molar-refractivity contribution in [3.63, 3.8) is 0 Å². The lowest BCUT2D eigenvalue weighted by molar-refractivity contribution is -0.289. The van der Waals surface area contributed by atoms with E-state index in [1.807, 2.05) is 0 Å². The van der Waals surface area contributed by atoms with Gasteiger partial charge in [0.2, 0.25) is 0 Å². The zero-order valence-electron chi connectivity index (χ0n) is 17.8. The third-order valence-electron chi connectivity index (χ3n) is 5.04. The fourth-order valence-corrected chi connectivity index (χ4v) is 3.84. The molecule has 0 aliphatic rings. The van der Waals surface area contributed by atoms with Gasteiger partial charge in [-0.3, -0.25) is 9.59 Å². The van der Waals surface area contributed by atoms with E-state index in [4.69, 9.17) is 0 Å². The number of benzene rings is 3. The number of amides is 1. The van der Waals surface area contributed by atoms with E-state index in [9.17, 15) is 44.7 Å². The SMILES string of the molecule is O=C(Cc1c(Br)cc(C(F)(F)C(F)(F)F)cc1C(F)(F)F)c1cccc(NC(=O)c2ccccc2)c1. The first kappa shape index (κ1) is 27.3. The molecular weight excluding hydrogens is 566 g/mol. The summed E-state index contributed by atoms with van der Waals surface area (Å²) in [6.07, 6.45) is -12.4. The Morgan fingerprint density at radius 1 is 0.778 bits per heavy atom. The summed E-state index contributed by atoms with van der Waals surface area (Å²) in [4.78, 5) is 25.1. The molecule has 0 saturated carbocycles. The molecule has 0 spiro atoms. The lowest BCUT2D eigenvalue weighted by atomic mass is 9.94. The first-order chi connectivity index (χ1) is 16.6. The molecule has 3 aromatic carbocycles. The van der Waals surface area contributed by atoms with Crippen LogP contribution in [0.4, 0.5) is 40.8 Å². The zero-order valence-corrected chi connectivity index (χ0v) is 19.4. The van der Waals surface area contributed by atoms with Crippen LogP contribution >= 0.6 is 15.9 Å². The molecule has 0 aliphatic carbocycles. The molecule has 3 nitrogen and oxygen atoms in total. The number of ketones is 1. The van der Waals surface area contributed by atoms with Gasteiger partial charge >= 0.3 is 18.3 Å². The fraction of sp³-hybridized carbons (Fsp3) is 0.167. The number of carbonyl (C=O) groups is 2. The van der Waals surface area contributed by atoms with Crippen molar-refractivity contribution < 1.29 is 44.7 Å². The summed E-state index contributed by atoms with van der Waals surface area (Å²) < 4.78 is 106. The van der Waals surface area contributed by atoms with Gasteiger partial charge in [-0.05, 0) is 42.0 Å². The second-order valence-corrected chi connectivity index (χ2v) is 8.41. The first-order valence-electron chi connectivity index (χ1n) is 9.95. The van der Waals surface area contributed by atoms with Gasteiger partial charge in [0.25, 0.3) is 5.91 Å². The van der Waals surface area contributed by atoms with Crippen molar-refractivity contribution in [3.05, 3.63) is 99.0 Å². The summed E-state index contributed by atoms with van der Waals surface area (Å²) in [5.41, 5.74) is -4.19.